The quantitative estimate of drug-likeness (QED) is 0.888. The second-order valence-electron chi connectivity index (χ2n) is 5.69. The van der Waals surface area contributed by atoms with Gasteiger partial charge in [0.05, 0.1) is 0 Å². The fourth-order valence-corrected chi connectivity index (χ4v) is 4.19. The second-order valence-corrected chi connectivity index (χ2v) is 6.67. The van der Waals surface area contributed by atoms with Crippen LogP contribution in [0.15, 0.2) is 47.8 Å². The highest BCUT2D eigenvalue weighted by Gasteiger charge is 2.30. The average molecular weight is 300 g/mol. The minimum absolute atomic E-state index is 0.485. The van der Waals surface area contributed by atoms with E-state index in [4.69, 9.17) is 0 Å². The van der Waals surface area contributed by atoms with Crippen molar-refractivity contribution >= 4 is 11.3 Å². The zero-order valence-corrected chi connectivity index (χ0v) is 13.5. The molecule has 0 amide bonds. The van der Waals surface area contributed by atoms with Crippen LogP contribution in [-0.2, 0) is 0 Å². The molecular weight excluding hydrogens is 276 g/mol. The highest BCUT2D eigenvalue weighted by atomic mass is 32.1. The van der Waals surface area contributed by atoms with E-state index < -0.39 is 0 Å². The molecule has 1 aromatic carbocycles. The molecule has 21 heavy (non-hydrogen) atoms. The van der Waals surface area contributed by atoms with Crippen LogP contribution in [0.5, 0.6) is 0 Å². The van der Waals surface area contributed by atoms with Crippen molar-refractivity contribution in [1.29, 1.82) is 0 Å². The summed E-state index contributed by atoms with van der Waals surface area (Å²) in [5.41, 5.74) is 1.43. The first kappa shape index (κ1) is 14.8. The Kier molecular flexibility index (Phi) is 5.07. The van der Waals surface area contributed by atoms with E-state index in [1.54, 1.807) is 0 Å². The van der Waals surface area contributed by atoms with Gasteiger partial charge in [0, 0.05) is 36.6 Å². The zero-order valence-electron chi connectivity index (χ0n) is 12.7. The zero-order chi connectivity index (χ0) is 14.5. The molecule has 1 aromatic heterocycles. The molecule has 0 spiro atoms. The van der Waals surface area contributed by atoms with Gasteiger partial charge in [-0.1, -0.05) is 49.7 Å². The van der Waals surface area contributed by atoms with Crippen molar-refractivity contribution in [1.82, 2.24) is 10.2 Å². The maximum Gasteiger partial charge on any atom is 0.0479 e. The van der Waals surface area contributed by atoms with Gasteiger partial charge >= 0.3 is 0 Å². The Morgan fingerprint density at radius 3 is 2.81 bits per heavy atom. The van der Waals surface area contributed by atoms with Crippen molar-refractivity contribution in [3.8, 4) is 0 Å². The normalized spacial score (nSPS) is 21.3. The van der Waals surface area contributed by atoms with Crippen LogP contribution in [-0.4, -0.2) is 24.5 Å². The predicted molar refractivity (Wildman–Crippen MR) is 90.7 cm³/mol. The number of hydrogen-bond acceptors (Lipinski definition) is 3. The Hall–Kier alpha value is -1.16. The van der Waals surface area contributed by atoms with Crippen LogP contribution in [0.4, 0.5) is 0 Å². The van der Waals surface area contributed by atoms with Crippen LogP contribution < -0.4 is 5.32 Å². The molecule has 112 valence electrons. The molecule has 1 aliphatic heterocycles. The van der Waals surface area contributed by atoms with Crippen molar-refractivity contribution in [3.63, 3.8) is 0 Å². The van der Waals surface area contributed by atoms with Crippen molar-refractivity contribution in [2.24, 2.45) is 0 Å². The third-order valence-electron chi connectivity index (χ3n) is 4.30. The molecule has 1 aliphatic rings. The van der Waals surface area contributed by atoms with Gasteiger partial charge in [-0.3, -0.25) is 4.90 Å². The van der Waals surface area contributed by atoms with E-state index in [0.29, 0.717) is 12.1 Å². The van der Waals surface area contributed by atoms with Crippen molar-refractivity contribution < 1.29 is 0 Å². The number of thiophene rings is 1. The second kappa shape index (κ2) is 7.21. The molecule has 0 bridgehead atoms. The van der Waals surface area contributed by atoms with Gasteiger partial charge in [0.1, 0.15) is 0 Å². The Balaban J connectivity index is 1.88. The molecule has 2 nitrogen and oxygen atoms in total. The van der Waals surface area contributed by atoms with E-state index in [2.05, 4.69) is 65.0 Å². The molecule has 0 radical (unpaired) electrons. The third kappa shape index (κ3) is 3.37. The fourth-order valence-electron chi connectivity index (χ4n) is 3.30. The molecule has 1 saturated heterocycles. The summed E-state index contributed by atoms with van der Waals surface area (Å²) in [6, 6.07) is 16.5. The van der Waals surface area contributed by atoms with E-state index in [1.807, 2.05) is 11.3 Å². The van der Waals surface area contributed by atoms with E-state index >= 15 is 0 Å². The first-order valence-corrected chi connectivity index (χ1v) is 8.83. The van der Waals surface area contributed by atoms with Crippen molar-refractivity contribution in [2.75, 3.05) is 19.6 Å². The van der Waals surface area contributed by atoms with Crippen molar-refractivity contribution in [2.45, 2.75) is 31.8 Å². The summed E-state index contributed by atoms with van der Waals surface area (Å²) < 4.78 is 0. The van der Waals surface area contributed by atoms with Crippen LogP contribution in [0.3, 0.4) is 0 Å². The lowest BCUT2D eigenvalue weighted by molar-refractivity contribution is 0.101. The summed E-state index contributed by atoms with van der Waals surface area (Å²) in [6.07, 6.45) is 2.47. The highest BCUT2D eigenvalue weighted by molar-refractivity contribution is 7.10. The van der Waals surface area contributed by atoms with E-state index in [1.165, 1.54) is 23.3 Å². The minimum atomic E-state index is 0.485. The predicted octanol–water partition coefficient (Wildman–Crippen LogP) is 4.24. The van der Waals surface area contributed by atoms with Crippen LogP contribution in [0.2, 0.25) is 0 Å². The van der Waals surface area contributed by atoms with E-state index in [9.17, 15) is 0 Å². The molecule has 2 unspecified atom stereocenters. The number of nitrogens with one attached hydrogen (secondary N) is 1. The number of nitrogens with zero attached hydrogens (tertiary/aromatic N) is 1. The number of benzene rings is 1. The molecule has 2 atom stereocenters. The van der Waals surface area contributed by atoms with E-state index in [0.717, 1.165) is 19.6 Å². The molecule has 2 heterocycles. The van der Waals surface area contributed by atoms with Gasteiger partial charge < -0.3 is 5.32 Å². The standard InChI is InChI=1S/C18H24N2S/c1-2-7-16(18-10-6-13-21-18)20-12-11-19-14-17(20)15-8-4-3-5-9-15/h3-6,8-10,13,16-17,19H,2,7,11-12,14H2,1H3. The number of piperazine rings is 1. The molecule has 1 fully saturated rings. The summed E-state index contributed by atoms with van der Waals surface area (Å²) in [6.45, 7) is 5.56. The molecule has 2 aromatic rings. The molecule has 0 saturated carbocycles. The van der Waals surface area contributed by atoms with Gasteiger partial charge in [-0.15, -0.1) is 11.3 Å². The van der Waals surface area contributed by atoms with E-state index in [-0.39, 0.29) is 0 Å². The molecule has 3 rings (SSSR count). The maximum atomic E-state index is 3.57. The van der Waals surface area contributed by atoms with Gasteiger partial charge in [-0.05, 0) is 23.4 Å². The summed E-state index contributed by atoms with van der Waals surface area (Å²) in [4.78, 5) is 4.22. The summed E-state index contributed by atoms with van der Waals surface area (Å²) >= 11 is 1.90. The summed E-state index contributed by atoms with van der Waals surface area (Å²) in [7, 11) is 0. The van der Waals surface area contributed by atoms with Gasteiger partial charge in [0.15, 0.2) is 0 Å². The third-order valence-corrected chi connectivity index (χ3v) is 5.28. The fraction of sp³-hybridized carbons (Fsp3) is 0.444. The average Bonchev–Trinajstić information content (AvgIpc) is 3.08. The molecular formula is C18H24N2S. The van der Waals surface area contributed by atoms with Gasteiger partial charge in [0.2, 0.25) is 0 Å². The number of hydrogen-bond donors (Lipinski definition) is 1. The Bertz CT molecular complexity index is 519. The first-order valence-electron chi connectivity index (χ1n) is 7.95. The SMILES string of the molecule is CCCC(c1cccs1)N1CCNCC1c1ccccc1. The largest absolute Gasteiger partial charge is 0.314 e. The van der Waals surface area contributed by atoms with Gasteiger partial charge in [0.25, 0.3) is 0 Å². The lowest BCUT2D eigenvalue weighted by atomic mass is 9.98. The van der Waals surface area contributed by atoms with Gasteiger partial charge in [-0.2, -0.15) is 0 Å². The maximum absolute atomic E-state index is 3.57. The van der Waals surface area contributed by atoms with Crippen LogP contribution >= 0.6 is 11.3 Å². The van der Waals surface area contributed by atoms with Crippen LogP contribution in [0, 0.1) is 0 Å². The summed E-state index contributed by atoms with van der Waals surface area (Å²) in [5.74, 6) is 0. The van der Waals surface area contributed by atoms with Gasteiger partial charge in [-0.25, -0.2) is 0 Å². The van der Waals surface area contributed by atoms with Crippen LogP contribution in [0.1, 0.15) is 42.3 Å². The Morgan fingerprint density at radius 1 is 1.24 bits per heavy atom. The highest BCUT2D eigenvalue weighted by Crippen LogP contribution is 2.36. The molecule has 3 heteroatoms. The first-order chi connectivity index (χ1) is 10.4. The Morgan fingerprint density at radius 2 is 2.10 bits per heavy atom. The van der Waals surface area contributed by atoms with Crippen molar-refractivity contribution in [3.05, 3.63) is 58.3 Å². The summed E-state index contributed by atoms with van der Waals surface area (Å²) in [5, 5.41) is 5.77. The minimum Gasteiger partial charge on any atom is -0.314 e. The van der Waals surface area contributed by atoms with Crippen LogP contribution in [0.25, 0.3) is 0 Å². The lowest BCUT2D eigenvalue weighted by Crippen LogP contribution is -2.47. The molecule has 0 aliphatic carbocycles. The number of rotatable bonds is 5. The Labute approximate surface area is 131 Å². The lowest BCUT2D eigenvalue weighted by Gasteiger charge is -2.41. The smallest absolute Gasteiger partial charge is 0.0479 e. The topological polar surface area (TPSA) is 15.3 Å². The molecule has 1 N–H and O–H groups in total. The monoisotopic (exact) mass is 300 g/mol.